The van der Waals surface area contributed by atoms with E-state index in [0.717, 1.165) is 44.5 Å². The fourth-order valence-corrected chi connectivity index (χ4v) is 10.2. The van der Waals surface area contributed by atoms with Crippen molar-refractivity contribution in [2.24, 2.45) is 17.3 Å². The number of likely N-dealkylation sites (N-methyl/N-ethyl adjacent to an activating group) is 2. The van der Waals surface area contributed by atoms with Crippen molar-refractivity contribution >= 4 is 40.5 Å². The third-order valence-corrected chi connectivity index (χ3v) is 13.5. The number of hydrazine groups is 1. The number of nitrogens with zero attached hydrogens (tertiary/aromatic N) is 6. The van der Waals surface area contributed by atoms with Gasteiger partial charge in [0.1, 0.15) is 23.9 Å². The van der Waals surface area contributed by atoms with Gasteiger partial charge in [-0.1, -0.05) is 45.9 Å². The number of benzene rings is 2. The second-order valence-corrected chi connectivity index (χ2v) is 20.2. The van der Waals surface area contributed by atoms with Crippen LogP contribution in [0, 0.1) is 17.3 Å². The minimum atomic E-state index is -1.17. The van der Waals surface area contributed by atoms with Crippen LogP contribution in [0.3, 0.4) is 0 Å². The lowest BCUT2D eigenvalue weighted by Crippen LogP contribution is -2.62. The van der Waals surface area contributed by atoms with Crippen LogP contribution in [0.2, 0.25) is 0 Å². The number of hydrogen-bond acceptors (Lipinski definition) is 11. The van der Waals surface area contributed by atoms with Crippen LogP contribution in [0.25, 0.3) is 33.3 Å². The largest absolute Gasteiger partial charge is 0.508 e. The first kappa shape index (κ1) is 50.8. The molecule has 69 heavy (non-hydrogen) atoms. The zero-order valence-electron chi connectivity index (χ0n) is 41.7. The fourth-order valence-electron chi connectivity index (χ4n) is 10.2. The number of rotatable bonds is 12. The summed E-state index contributed by atoms with van der Waals surface area (Å²) >= 11 is 0. The maximum absolute atomic E-state index is 14.8. The van der Waals surface area contributed by atoms with Crippen LogP contribution in [-0.2, 0) is 59.4 Å². The minimum Gasteiger partial charge on any atom is -0.508 e. The Balaban J connectivity index is 1.25. The molecule has 16 nitrogen and oxygen atoms in total. The van der Waals surface area contributed by atoms with Crippen molar-refractivity contribution in [2.45, 2.75) is 98.0 Å². The summed E-state index contributed by atoms with van der Waals surface area (Å²) in [6.07, 6.45) is 7.04. The number of amides is 4. The second kappa shape index (κ2) is 21.7. The highest BCUT2D eigenvalue weighted by atomic mass is 16.5. The number of fused-ring (bicyclic) bond motifs is 6. The smallest absolute Gasteiger partial charge is 0.324 e. The molecule has 4 amide bonds. The zero-order valence-corrected chi connectivity index (χ0v) is 41.7. The summed E-state index contributed by atoms with van der Waals surface area (Å²) < 4.78 is 14.0. The van der Waals surface area contributed by atoms with Crippen molar-refractivity contribution in [3.05, 3.63) is 83.7 Å². The molecule has 0 spiro atoms. The van der Waals surface area contributed by atoms with Crippen molar-refractivity contribution < 1.29 is 38.6 Å². The average Bonchev–Trinajstić information content (AvgIpc) is 3.93. The Bertz CT molecular complexity index is 2580. The first-order valence-corrected chi connectivity index (χ1v) is 24.2. The lowest BCUT2D eigenvalue weighted by molar-refractivity contribution is -0.155. The average molecular weight is 947 g/mol. The number of aromatic nitrogens is 2. The minimum absolute atomic E-state index is 0.00982. The third-order valence-electron chi connectivity index (χ3n) is 13.5. The van der Waals surface area contributed by atoms with Crippen LogP contribution in [-0.4, -0.2) is 143 Å². The van der Waals surface area contributed by atoms with Crippen LogP contribution in [0.4, 0.5) is 0 Å². The lowest BCUT2D eigenvalue weighted by Gasteiger charge is -2.37. The maximum Gasteiger partial charge on any atom is 0.324 e. The van der Waals surface area contributed by atoms with Gasteiger partial charge in [-0.25, -0.2) is 5.43 Å². The second-order valence-electron chi connectivity index (χ2n) is 20.2. The Morgan fingerprint density at radius 3 is 2.57 bits per heavy atom. The van der Waals surface area contributed by atoms with Crippen LogP contribution in [0.1, 0.15) is 70.7 Å². The van der Waals surface area contributed by atoms with E-state index in [2.05, 4.69) is 54.3 Å². The highest BCUT2D eigenvalue weighted by Crippen LogP contribution is 2.41. The number of pyridine rings is 1. The molecule has 4 aromatic rings. The standard InChI is InChI=1S/C53H70N8O8/c1-10-60-45-18-17-35-28-40(45)41(48(60)39-14-11-20-54-44(39)31-68-9)29-53(4,5)32-69-52(67)42-15-12-22-61(56-42)51(66)43(26-34-24-37(35)27-38(62)25-34)55-49(64)47(33(2)3)58(8)50(65)36-19-23-59(30-36)46(63)16-13-21-57(6)7/h11,13-14,16-18,20,24-25,27-28,33,36,42-43,47,56,62H,10,12,15,19,21-23,26,29-32H2,1-9H3,(H,55,64)/b16-13-/t36-,42-,43-,47?/m0/s1. The van der Waals surface area contributed by atoms with Crippen molar-refractivity contribution in [3.63, 3.8) is 0 Å². The monoisotopic (exact) mass is 947 g/mol. The van der Waals surface area contributed by atoms with Gasteiger partial charge in [0.05, 0.1) is 30.5 Å². The van der Waals surface area contributed by atoms with Gasteiger partial charge in [0, 0.05) is 87.5 Å². The predicted octanol–water partition coefficient (Wildman–Crippen LogP) is 5.34. The number of cyclic esters (lactones) is 1. The molecule has 1 unspecified atom stereocenters. The van der Waals surface area contributed by atoms with Crippen molar-refractivity contribution in [1.29, 1.82) is 0 Å². The number of methoxy groups -OCH3 is 1. The summed E-state index contributed by atoms with van der Waals surface area (Å²) in [6.45, 7) is 12.6. The molecule has 2 saturated heterocycles. The molecular weight excluding hydrogens is 877 g/mol. The quantitative estimate of drug-likeness (QED) is 0.123. The molecule has 0 radical (unpaired) electrons. The summed E-state index contributed by atoms with van der Waals surface area (Å²) in [5.41, 5.74) is 9.56. The molecular formula is C53H70N8O8. The van der Waals surface area contributed by atoms with Gasteiger partial charge in [0.25, 0.3) is 5.91 Å². The molecule has 5 heterocycles. The highest BCUT2D eigenvalue weighted by Gasteiger charge is 2.40. The molecule has 0 saturated carbocycles. The maximum atomic E-state index is 14.8. The summed E-state index contributed by atoms with van der Waals surface area (Å²) in [4.78, 5) is 80.1. The van der Waals surface area contributed by atoms with Crippen molar-refractivity contribution in [3.8, 4) is 28.1 Å². The Hall–Kier alpha value is -6.10. The number of aromatic hydroxyl groups is 1. The third kappa shape index (κ3) is 11.5. The Labute approximate surface area is 406 Å². The zero-order chi connectivity index (χ0) is 49.7. The van der Waals surface area contributed by atoms with Crippen LogP contribution in [0.5, 0.6) is 5.75 Å². The summed E-state index contributed by atoms with van der Waals surface area (Å²) in [6, 6.07) is 12.5. The molecule has 4 atom stereocenters. The SMILES string of the molecule is CCn1c(-c2cccnc2COC)c2c3cc(ccc31)-c1cc(O)cc(c1)C[C@H](NC(=O)C(C(C)C)N(C)C(=O)[C@H]1CCN(C(=O)/C=C\CN(C)C)C1)C(=O)N1CCC[C@H](N1)C(=O)OCC(C)(C)C2. The van der Waals surface area contributed by atoms with E-state index in [4.69, 9.17) is 14.5 Å². The Morgan fingerprint density at radius 2 is 1.84 bits per heavy atom. The van der Waals surface area contributed by atoms with E-state index in [9.17, 15) is 29.1 Å². The van der Waals surface area contributed by atoms with E-state index in [-0.39, 0.29) is 49.6 Å². The molecule has 2 aromatic carbocycles. The van der Waals surface area contributed by atoms with Crippen LogP contribution >= 0.6 is 0 Å². The highest BCUT2D eigenvalue weighted by molar-refractivity contribution is 5.96. The Morgan fingerprint density at radius 1 is 1.06 bits per heavy atom. The number of ether oxygens (including phenoxy) is 2. The topological polar surface area (TPSA) is 179 Å². The molecule has 16 heteroatoms. The molecule has 3 aliphatic rings. The summed E-state index contributed by atoms with van der Waals surface area (Å²) in [5, 5.41) is 16.8. The predicted molar refractivity (Wildman–Crippen MR) is 264 cm³/mol. The molecule has 370 valence electrons. The number of aryl methyl sites for hydroxylation is 1. The van der Waals surface area contributed by atoms with Gasteiger partial charge in [-0.15, -0.1) is 0 Å². The van der Waals surface area contributed by atoms with Gasteiger partial charge in [-0.05, 0) is 111 Å². The lowest BCUT2D eigenvalue weighted by atomic mass is 9.84. The normalized spacial score (nSPS) is 20.4. The van der Waals surface area contributed by atoms with Crippen molar-refractivity contribution in [1.82, 2.24) is 40.0 Å². The number of esters is 1. The molecule has 7 rings (SSSR count). The van der Waals surface area contributed by atoms with E-state index in [1.165, 1.54) is 16.0 Å². The number of nitrogens with one attached hydrogen (secondary N) is 2. The van der Waals surface area contributed by atoms with E-state index in [1.807, 2.05) is 51.0 Å². The van der Waals surface area contributed by atoms with Gasteiger partial charge < -0.3 is 39.2 Å². The van der Waals surface area contributed by atoms with E-state index < -0.39 is 47.2 Å². The fraction of sp³-hybridized carbons (Fsp3) is 0.509. The van der Waals surface area contributed by atoms with Gasteiger partial charge in [-0.2, -0.15) is 0 Å². The van der Waals surface area contributed by atoms with Gasteiger partial charge in [0.15, 0.2) is 0 Å². The van der Waals surface area contributed by atoms with Gasteiger partial charge in [0.2, 0.25) is 17.7 Å². The summed E-state index contributed by atoms with van der Waals surface area (Å²) in [5.74, 6) is -2.75. The number of hydrogen-bond donors (Lipinski definition) is 3. The van der Waals surface area contributed by atoms with Gasteiger partial charge in [-0.3, -0.25) is 34.0 Å². The molecule has 3 aliphatic heterocycles. The molecule has 2 aromatic heterocycles. The van der Waals surface area contributed by atoms with Crippen LogP contribution < -0.4 is 10.7 Å². The van der Waals surface area contributed by atoms with E-state index in [0.29, 0.717) is 57.5 Å². The number of carbonyl (C=O) groups is 5. The molecule has 3 N–H and O–H groups in total. The van der Waals surface area contributed by atoms with Crippen LogP contribution in [0.15, 0.2) is 66.9 Å². The van der Waals surface area contributed by atoms with Crippen molar-refractivity contribution in [2.75, 3.05) is 61.0 Å². The molecule has 6 bridgehead atoms. The van der Waals surface area contributed by atoms with Gasteiger partial charge >= 0.3 is 5.97 Å². The first-order chi connectivity index (χ1) is 32.9. The van der Waals surface area contributed by atoms with E-state index >= 15 is 0 Å². The molecule has 2 fully saturated rings. The number of phenolic OH excluding ortho intramolecular Hbond substituents is 1. The number of carbonyl (C=O) groups excluding carboxylic acids is 5. The summed E-state index contributed by atoms with van der Waals surface area (Å²) in [7, 11) is 7.08. The number of phenols is 1. The Kier molecular flexibility index (Phi) is 16.0. The molecule has 0 aliphatic carbocycles. The first-order valence-electron chi connectivity index (χ1n) is 24.2. The number of likely N-dealkylation sites (tertiary alicyclic amines) is 1. The van der Waals surface area contributed by atoms with E-state index in [1.54, 1.807) is 43.5 Å².